The first-order valence-corrected chi connectivity index (χ1v) is 7.01. The molecule has 19 heavy (non-hydrogen) atoms. The van der Waals surface area contributed by atoms with Crippen molar-refractivity contribution in [3.63, 3.8) is 0 Å². The van der Waals surface area contributed by atoms with Gasteiger partial charge < -0.3 is 10.2 Å². The van der Waals surface area contributed by atoms with Gasteiger partial charge in [-0.05, 0) is 30.5 Å². The molecule has 0 fully saturated rings. The van der Waals surface area contributed by atoms with E-state index in [1.165, 1.54) is 6.42 Å². The van der Waals surface area contributed by atoms with Crippen molar-refractivity contribution in [3.8, 4) is 0 Å². The first-order chi connectivity index (χ1) is 8.93. The Morgan fingerprint density at radius 3 is 2.63 bits per heavy atom. The Morgan fingerprint density at radius 1 is 1.37 bits per heavy atom. The van der Waals surface area contributed by atoms with Gasteiger partial charge in [-0.25, -0.2) is 0 Å². The van der Waals surface area contributed by atoms with Crippen LogP contribution in [0.1, 0.15) is 39.7 Å². The number of carbonyl (C=O) groups is 1. The van der Waals surface area contributed by atoms with Gasteiger partial charge in [-0.15, -0.1) is 0 Å². The van der Waals surface area contributed by atoms with E-state index in [1.54, 1.807) is 11.8 Å². The van der Waals surface area contributed by atoms with E-state index >= 15 is 0 Å². The standard InChI is InChI=1S/C16H26N2O/c1-6-12(2)13(3)17-16-9-7-8-15(10-16)11-18(5)14(4)19/h7-10,12-13,17H,6,11H2,1-5H3. The van der Waals surface area contributed by atoms with Crippen molar-refractivity contribution in [2.75, 3.05) is 12.4 Å². The third kappa shape index (κ3) is 4.93. The van der Waals surface area contributed by atoms with Crippen molar-refractivity contribution in [3.05, 3.63) is 29.8 Å². The maximum absolute atomic E-state index is 11.2. The van der Waals surface area contributed by atoms with Gasteiger partial charge >= 0.3 is 0 Å². The minimum absolute atomic E-state index is 0.0892. The SMILES string of the molecule is CCC(C)C(C)Nc1cccc(CN(C)C(C)=O)c1. The fraction of sp³-hybridized carbons (Fsp3) is 0.562. The van der Waals surface area contributed by atoms with Gasteiger partial charge in [-0.2, -0.15) is 0 Å². The van der Waals surface area contributed by atoms with Crippen molar-refractivity contribution in [2.45, 2.75) is 46.7 Å². The lowest BCUT2D eigenvalue weighted by Crippen LogP contribution is -2.24. The summed E-state index contributed by atoms with van der Waals surface area (Å²) < 4.78 is 0. The molecule has 3 heteroatoms. The lowest BCUT2D eigenvalue weighted by atomic mass is 10.0. The maximum atomic E-state index is 11.2. The molecule has 2 atom stereocenters. The molecule has 0 heterocycles. The van der Waals surface area contributed by atoms with Crippen LogP contribution in [0.25, 0.3) is 0 Å². The second-order valence-electron chi connectivity index (χ2n) is 5.39. The summed E-state index contributed by atoms with van der Waals surface area (Å²) in [7, 11) is 1.82. The van der Waals surface area contributed by atoms with Crippen molar-refractivity contribution in [1.82, 2.24) is 4.90 Å². The lowest BCUT2D eigenvalue weighted by Gasteiger charge is -2.22. The molecule has 0 saturated heterocycles. The van der Waals surface area contributed by atoms with Crippen LogP contribution in [0.15, 0.2) is 24.3 Å². The first-order valence-electron chi connectivity index (χ1n) is 7.01. The van der Waals surface area contributed by atoms with E-state index in [2.05, 4.69) is 44.3 Å². The average Bonchev–Trinajstić information content (AvgIpc) is 2.37. The second kappa shape index (κ2) is 7.17. The summed E-state index contributed by atoms with van der Waals surface area (Å²) in [6, 6.07) is 8.74. The summed E-state index contributed by atoms with van der Waals surface area (Å²) in [5.41, 5.74) is 2.28. The lowest BCUT2D eigenvalue weighted by molar-refractivity contribution is -0.128. The predicted octanol–water partition coefficient (Wildman–Crippen LogP) is 3.51. The smallest absolute Gasteiger partial charge is 0.219 e. The largest absolute Gasteiger partial charge is 0.382 e. The van der Waals surface area contributed by atoms with Gasteiger partial charge in [0, 0.05) is 32.2 Å². The number of nitrogens with one attached hydrogen (secondary N) is 1. The van der Waals surface area contributed by atoms with Crippen LogP contribution in [0.3, 0.4) is 0 Å². The van der Waals surface area contributed by atoms with E-state index in [0.717, 1.165) is 11.3 Å². The quantitative estimate of drug-likeness (QED) is 0.851. The van der Waals surface area contributed by atoms with Crippen LogP contribution >= 0.6 is 0 Å². The summed E-state index contributed by atoms with van der Waals surface area (Å²) in [5.74, 6) is 0.731. The number of rotatable bonds is 6. The monoisotopic (exact) mass is 262 g/mol. The molecule has 0 radical (unpaired) electrons. The Hall–Kier alpha value is -1.51. The summed E-state index contributed by atoms with van der Waals surface area (Å²) in [4.78, 5) is 13.0. The van der Waals surface area contributed by atoms with Crippen LogP contribution < -0.4 is 5.32 Å². The molecule has 1 rings (SSSR count). The number of hydrogen-bond donors (Lipinski definition) is 1. The molecule has 0 bridgehead atoms. The van der Waals surface area contributed by atoms with Gasteiger partial charge in [-0.1, -0.05) is 32.4 Å². The van der Waals surface area contributed by atoms with E-state index in [1.807, 2.05) is 13.1 Å². The number of benzene rings is 1. The zero-order valence-corrected chi connectivity index (χ0v) is 12.7. The van der Waals surface area contributed by atoms with Crippen molar-refractivity contribution in [1.29, 1.82) is 0 Å². The molecule has 1 aromatic carbocycles. The van der Waals surface area contributed by atoms with Gasteiger partial charge in [-0.3, -0.25) is 4.79 Å². The zero-order chi connectivity index (χ0) is 14.4. The van der Waals surface area contributed by atoms with Gasteiger partial charge in [0.05, 0.1) is 0 Å². The van der Waals surface area contributed by atoms with E-state index in [9.17, 15) is 4.79 Å². The first kappa shape index (κ1) is 15.5. The molecule has 3 nitrogen and oxygen atoms in total. The summed E-state index contributed by atoms with van der Waals surface area (Å²) >= 11 is 0. The minimum atomic E-state index is 0.0892. The van der Waals surface area contributed by atoms with Gasteiger partial charge in [0.25, 0.3) is 0 Å². The average molecular weight is 262 g/mol. The van der Waals surface area contributed by atoms with E-state index in [4.69, 9.17) is 0 Å². The molecule has 0 aromatic heterocycles. The van der Waals surface area contributed by atoms with Crippen molar-refractivity contribution < 1.29 is 4.79 Å². The molecule has 0 aliphatic rings. The molecule has 0 saturated carbocycles. The van der Waals surface area contributed by atoms with E-state index < -0.39 is 0 Å². The number of nitrogens with zero attached hydrogens (tertiary/aromatic N) is 1. The van der Waals surface area contributed by atoms with Crippen molar-refractivity contribution in [2.24, 2.45) is 5.92 Å². The van der Waals surface area contributed by atoms with Crippen molar-refractivity contribution >= 4 is 11.6 Å². The molecule has 1 N–H and O–H groups in total. The van der Waals surface area contributed by atoms with E-state index in [-0.39, 0.29) is 5.91 Å². The topological polar surface area (TPSA) is 32.3 Å². The third-order valence-electron chi connectivity index (χ3n) is 3.78. The number of hydrogen-bond acceptors (Lipinski definition) is 2. The van der Waals surface area contributed by atoms with Gasteiger partial charge in [0.1, 0.15) is 0 Å². The molecule has 2 unspecified atom stereocenters. The highest BCUT2D eigenvalue weighted by Gasteiger charge is 2.10. The van der Waals surface area contributed by atoms with Crippen LogP contribution in [0.2, 0.25) is 0 Å². The predicted molar refractivity (Wildman–Crippen MR) is 81.1 cm³/mol. The second-order valence-corrected chi connectivity index (χ2v) is 5.39. The summed E-state index contributed by atoms with van der Waals surface area (Å²) in [5, 5.41) is 3.53. The Morgan fingerprint density at radius 2 is 2.05 bits per heavy atom. The van der Waals surface area contributed by atoms with Crippen LogP contribution in [0, 0.1) is 5.92 Å². The zero-order valence-electron chi connectivity index (χ0n) is 12.7. The number of carbonyl (C=O) groups excluding carboxylic acids is 1. The normalized spacial score (nSPS) is 13.7. The van der Waals surface area contributed by atoms with Crippen LogP contribution in [-0.4, -0.2) is 23.9 Å². The molecule has 1 amide bonds. The van der Waals surface area contributed by atoms with Crippen LogP contribution in [0.5, 0.6) is 0 Å². The Labute approximate surface area is 117 Å². The van der Waals surface area contributed by atoms with Crippen LogP contribution in [0.4, 0.5) is 5.69 Å². The molecule has 1 aromatic rings. The highest BCUT2D eigenvalue weighted by molar-refractivity contribution is 5.72. The van der Waals surface area contributed by atoms with Gasteiger partial charge in [0.2, 0.25) is 5.91 Å². The molecule has 0 aliphatic heterocycles. The highest BCUT2D eigenvalue weighted by atomic mass is 16.2. The van der Waals surface area contributed by atoms with Gasteiger partial charge in [0.15, 0.2) is 0 Å². The maximum Gasteiger partial charge on any atom is 0.219 e. The summed E-state index contributed by atoms with van der Waals surface area (Å²) in [6.45, 7) is 8.92. The molecular weight excluding hydrogens is 236 g/mol. The molecule has 106 valence electrons. The fourth-order valence-corrected chi connectivity index (χ4v) is 1.90. The Balaban J connectivity index is 2.69. The molecule has 0 spiro atoms. The highest BCUT2D eigenvalue weighted by Crippen LogP contribution is 2.17. The minimum Gasteiger partial charge on any atom is -0.382 e. The van der Waals surface area contributed by atoms with E-state index in [0.29, 0.717) is 18.5 Å². The van der Waals surface area contributed by atoms with Crippen LogP contribution in [-0.2, 0) is 11.3 Å². The Kier molecular flexibility index (Phi) is 5.87. The third-order valence-corrected chi connectivity index (χ3v) is 3.78. The summed E-state index contributed by atoms with van der Waals surface area (Å²) in [6.07, 6.45) is 1.17. The fourth-order valence-electron chi connectivity index (χ4n) is 1.90. The Bertz CT molecular complexity index is 417. The number of anilines is 1. The molecule has 0 aliphatic carbocycles. The number of amides is 1. The molecular formula is C16H26N2O.